The van der Waals surface area contributed by atoms with Crippen molar-refractivity contribution in [3.8, 4) is 0 Å². The van der Waals surface area contributed by atoms with Gasteiger partial charge in [0.25, 0.3) is 0 Å². The van der Waals surface area contributed by atoms with Crippen molar-refractivity contribution in [2.75, 3.05) is 0 Å². The van der Waals surface area contributed by atoms with E-state index in [1.54, 1.807) is 0 Å². The highest BCUT2D eigenvalue weighted by molar-refractivity contribution is 9.09. The summed E-state index contributed by atoms with van der Waals surface area (Å²) in [5.74, 6) is 2.80. The van der Waals surface area contributed by atoms with Crippen LogP contribution in [0.25, 0.3) is 0 Å². The molecular weight excluding hydrogens is 270 g/mol. The lowest BCUT2D eigenvalue weighted by molar-refractivity contribution is 0.117. The number of nitrogens with one attached hydrogen (secondary N) is 1. The molecule has 0 radical (unpaired) electrons. The maximum Gasteiger partial charge on any atom is 0.332 e. The van der Waals surface area contributed by atoms with Crippen LogP contribution in [0.4, 0.5) is 4.79 Å². The summed E-state index contributed by atoms with van der Waals surface area (Å²) in [6.45, 7) is 0. The zero-order valence-electron chi connectivity index (χ0n) is 9.03. The van der Waals surface area contributed by atoms with Crippen molar-refractivity contribution in [1.82, 2.24) is 5.43 Å². The lowest BCUT2D eigenvalue weighted by Crippen LogP contribution is -2.52. The number of alkyl halides is 1. The molecule has 0 aliphatic heterocycles. The first-order valence-electron chi connectivity index (χ1n) is 5.92. The van der Waals surface area contributed by atoms with E-state index in [1.165, 1.54) is 31.4 Å². The SMILES string of the molecule is NC(=O)N/N=C1\[C@H]2C[C@H]3C[C@H](C2)[C@H](Br)[C@H]1C3. The topological polar surface area (TPSA) is 67.5 Å². The van der Waals surface area contributed by atoms with Crippen LogP contribution < -0.4 is 11.2 Å². The van der Waals surface area contributed by atoms with E-state index in [2.05, 4.69) is 26.5 Å². The minimum Gasteiger partial charge on any atom is -0.350 e. The fourth-order valence-corrected chi connectivity index (χ4v) is 4.80. The van der Waals surface area contributed by atoms with Gasteiger partial charge in [0.2, 0.25) is 0 Å². The lowest BCUT2D eigenvalue weighted by Gasteiger charge is -2.53. The molecule has 5 atom stereocenters. The van der Waals surface area contributed by atoms with Crippen LogP contribution in [-0.2, 0) is 0 Å². The molecule has 2 amide bonds. The monoisotopic (exact) mass is 285 g/mol. The largest absolute Gasteiger partial charge is 0.350 e. The Kier molecular flexibility index (Phi) is 2.46. The van der Waals surface area contributed by atoms with Gasteiger partial charge in [0.1, 0.15) is 0 Å². The first kappa shape index (κ1) is 10.6. The fraction of sp³-hybridized carbons (Fsp3) is 0.818. The highest BCUT2D eigenvalue weighted by Crippen LogP contribution is 2.54. The molecule has 4 aliphatic carbocycles. The Morgan fingerprint density at radius 1 is 1.38 bits per heavy atom. The minimum atomic E-state index is -0.563. The number of nitrogens with two attached hydrogens (primary N) is 1. The number of halogens is 1. The molecule has 3 N–H and O–H groups in total. The van der Waals surface area contributed by atoms with Crippen molar-refractivity contribution in [1.29, 1.82) is 0 Å². The van der Waals surface area contributed by atoms with E-state index < -0.39 is 6.03 Å². The van der Waals surface area contributed by atoms with Crippen molar-refractivity contribution >= 4 is 27.7 Å². The van der Waals surface area contributed by atoms with Gasteiger partial charge in [-0.25, -0.2) is 10.2 Å². The molecule has 4 bridgehead atoms. The van der Waals surface area contributed by atoms with Crippen LogP contribution in [0.3, 0.4) is 0 Å². The molecular formula is C11H16BrN3O. The number of hydrazone groups is 1. The van der Waals surface area contributed by atoms with Gasteiger partial charge in [-0.2, -0.15) is 5.10 Å². The Labute approximate surface area is 103 Å². The number of primary amides is 1. The van der Waals surface area contributed by atoms with E-state index in [4.69, 9.17) is 5.73 Å². The first-order valence-corrected chi connectivity index (χ1v) is 6.83. The van der Waals surface area contributed by atoms with Gasteiger partial charge in [0.05, 0.1) is 0 Å². The summed E-state index contributed by atoms with van der Waals surface area (Å²) in [6.07, 6.45) is 5.08. The molecule has 0 unspecified atom stereocenters. The van der Waals surface area contributed by atoms with Gasteiger partial charge >= 0.3 is 6.03 Å². The molecule has 0 heterocycles. The molecule has 16 heavy (non-hydrogen) atoms. The number of nitrogens with zero attached hydrogens (tertiary/aromatic N) is 1. The second-order valence-corrected chi connectivity index (χ2v) is 6.39. The van der Waals surface area contributed by atoms with Crippen LogP contribution in [0.15, 0.2) is 5.10 Å². The number of urea groups is 1. The third-order valence-electron chi connectivity index (χ3n) is 4.36. The number of amides is 2. The van der Waals surface area contributed by atoms with Crippen LogP contribution in [0, 0.1) is 23.7 Å². The van der Waals surface area contributed by atoms with E-state index in [-0.39, 0.29) is 0 Å². The van der Waals surface area contributed by atoms with Crippen molar-refractivity contribution in [2.45, 2.75) is 30.5 Å². The summed E-state index contributed by atoms with van der Waals surface area (Å²) in [6, 6.07) is -0.563. The summed E-state index contributed by atoms with van der Waals surface area (Å²) in [5, 5.41) is 4.23. The van der Waals surface area contributed by atoms with Crippen LogP contribution in [0.2, 0.25) is 0 Å². The van der Waals surface area contributed by atoms with E-state index in [9.17, 15) is 4.79 Å². The maximum absolute atomic E-state index is 10.7. The fourth-order valence-electron chi connectivity index (χ4n) is 3.88. The first-order chi connectivity index (χ1) is 7.65. The summed E-state index contributed by atoms with van der Waals surface area (Å²) >= 11 is 3.80. The summed E-state index contributed by atoms with van der Waals surface area (Å²) < 4.78 is 0. The van der Waals surface area contributed by atoms with Gasteiger partial charge in [0, 0.05) is 16.5 Å². The van der Waals surface area contributed by atoms with Gasteiger partial charge in [-0.3, -0.25) is 0 Å². The Morgan fingerprint density at radius 3 is 2.94 bits per heavy atom. The number of carbonyl (C=O) groups is 1. The molecule has 0 aromatic rings. The highest BCUT2D eigenvalue weighted by atomic mass is 79.9. The zero-order valence-corrected chi connectivity index (χ0v) is 10.6. The van der Waals surface area contributed by atoms with Crippen LogP contribution >= 0.6 is 15.9 Å². The zero-order chi connectivity index (χ0) is 11.3. The summed E-state index contributed by atoms with van der Waals surface area (Å²) in [4.78, 5) is 11.3. The summed E-state index contributed by atoms with van der Waals surface area (Å²) in [5.41, 5.74) is 8.64. The van der Waals surface area contributed by atoms with E-state index in [0.717, 1.165) is 11.8 Å². The molecule has 4 fully saturated rings. The highest BCUT2D eigenvalue weighted by Gasteiger charge is 2.51. The number of rotatable bonds is 1. The third-order valence-corrected chi connectivity index (χ3v) is 5.74. The smallest absolute Gasteiger partial charge is 0.332 e. The molecule has 4 nitrogen and oxygen atoms in total. The Hall–Kier alpha value is -0.580. The molecule has 0 spiro atoms. The molecule has 0 aromatic heterocycles. The number of carbonyl (C=O) groups excluding carboxylic acids is 1. The quantitative estimate of drug-likeness (QED) is 0.560. The predicted octanol–water partition coefficient (Wildman–Crippen LogP) is 1.84. The minimum absolute atomic E-state index is 0.517. The molecule has 4 saturated carbocycles. The molecule has 4 rings (SSSR count). The van der Waals surface area contributed by atoms with Crippen LogP contribution in [0.1, 0.15) is 25.7 Å². The predicted molar refractivity (Wildman–Crippen MR) is 65.3 cm³/mol. The average molecular weight is 286 g/mol. The van der Waals surface area contributed by atoms with Crippen LogP contribution in [0.5, 0.6) is 0 Å². The maximum atomic E-state index is 10.7. The van der Waals surface area contributed by atoms with E-state index in [1.807, 2.05) is 0 Å². The Balaban J connectivity index is 1.85. The van der Waals surface area contributed by atoms with Gasteiger partial charge in [-0.1, -0.05) is 15.9 Å². The molecule has 5 heteroatoms. The second kappa shape index (κ2) is 3.72. The summed E-state index contributed by atoms with van der Waals surface area (Å²) in [7, 11) is 0. The molecule has 0 saturated heterocycles. The third kappa shape index (κ3) is 1.56. The van der Waals surface area contributed by atoms with Crippen molar-refractivity contribution < 1.29 is 4.79 Å². The van der Waals surface area contributed by atoms with Crippen molar-refractivity contribution in [3.05, 3.63) is 0 Å². The van der Waals surface area contributed by atoms with Crippen molar-refractivity contribution in [3.63, 3.8) is 0 Å². The average Bonchev–Trinajstić information content (AvgIpc) is 2.23. The van der Waals surface area contributed by atoms with Gasteiger partial charge < -0.3 is 5.73 Å². The normalized spacial score (nSPS) is 47.3. The van der Waals surface area contributed by atoms with Gasteiger partial charge in [-0.05, 0) is 43.4 Å². The lowest BCUT2D eigenvalue weighted by atomic mass is 9.55. The molecule has 4 aliphatic rings. The van der Waals surface area contributed by atoms with Crippen molar-refractivity contribution in [2.24, 2.45) is 34.5 Å². The molecule has 88 valence electrons. The van der Waals surface area contributed by atoms with E-state index >= 15 is 0 Å². The molecule has 0 aromatic carbocycles. The van der Waals surface area contributed by atoms with E-state index in [0.29, 0.717) is 16.7 Å². The Bertz CT molecular complexity index is 357. The number of hydrogen-bond acceptors (Lipinski definition) is 2. The van der Waals surface area contributed by atoms with Gasteiger partial charge in [0.15, 0.2) is 0 Å². The number of hydrogen-bond donors (Lipinski definition) is 2. The standard InChI is InChI=1S/C11H16BrN3O/c12-9-6-1-5-2-7(4-6)10(8(9)3-5)14-15-11(13)16/h5-9H,1-4H2,(H3,13,15,16)/b14-10+/t5-,6-,7+,8-,9+/m1/s1. The second-order valence-electron chi connectivity index (χ2n) is 5.33. The Morgan fingerprint density at radius 2 is 2.19 bits per heavy atom. The van der Waals surface area contributed by atoms with Gasteiger partial charge in [-0.15, -0.1) is 0 Å². The van der Waals surface area contributed by atoms with Crippen LogP contribution in [-0.4, -0.2) is 16.6 Å².